The Bertz CT molecular complexity index is 143. The van der Waals surface area contributed by atoms with E-state index in [-0.39, 0.29) is 0 Å². The number of allylic oxidation sites excluding steroid dienone is 4. The van der Waals surface area contributed by atoms with Crippen molar-refractivity contribution in [2.75, 3.05) is 0 Å². The summed E-state index contributed by atoms with van der Waals surface area (Å²) in [5, 5.41) is 0. The van der Waals surface area contributed by atoms with Gasteiger partial charge in [-0.25, -0.2) is 0 Å². The highest BCUT2D eigenvalue weighted by Gasteiger charge is 2.04. The van der Waals surface area contributed by atoms with Gasteiger partial charge in [-0.05, 0) is 6.42 Å². The minimum Gasteiger partial charge on any atom is -0.0863 e. The molecule has 0 aromatic carbocycles. The van der Waals surface area contributed by atoms with Gasteiger partial charge in [0.25, 0.3) is 0 Å². The van der Waals surface area contributed by atoms with Gasteiger partial charge in [-0.3, -0.25) is 0 Å². The van der Waals surface area contributed by atoms with Crippen LogP contribution in [0.4, 0.5) is 0 Å². The first-order chi connectivity index (χ1) is 6.22. The smallest absolute Gasteiger partial charge is 0.0863 e. The van der Waals surface area contributed by atoms with Crippen molar-refractivity contribution in [3.63, 3.8) is 0 Å². The minimum absolute atomic E-state index is 0.716. The minimum atomic E-state index is 0.716. The highest BCUT2D eigenvalue weighted by Crippen LogP contribution is 2.11. The van der Waals surface area contributed by atoms with Crippen LogP contribution < -0.4 is 0 Å². The van der Waals surface area contributed by atoms with Gasteiger partial charge in [0.1, 0.15) is 0 Å². The molecule has 0 unspecified atom stereocenters. The summed E-state index contributed by atoms with van der Waals surface area (Å²) < 4.78 is 0. The Morgan fingerprint density at radius 3 is 1.85 bits per heavy atom. The van der Waals surface area contributed by atoms with Gasteiger partial charge in [-0.2, -0.15) is 0 Å². The molecule has 0 nitrogen and oxygen atoms in total. The lowest BCUT2D eigenvalue weighted by Gasteiger charge is -1.95. The third kappa shape index (κ3) is 9.46. The van der Waals surface area contributed by atoms with E-state index in [9.17, 15) is 0 Å². The lowest BCUT2D eigenvalue weighted by atomic mass is 9.49. The standard InChI is InChI=1S/C7H11B.C3H8.C2H6/c1-8(2)7-5-3-4-6-7;1-3-2;1-2/h3,5-6H,4H2,1-2H3;3H2,1-2H3;1-2H3. The van der Waals surface area contributed by atoms with E-state index in [1.807, 2.05) is 13.8 Å². The van der Waals surface area contributed by atoms with Crippen molar-refractivity contribution < 1.29 is 0 Å². The first kappa shape index (κ1) is 15.0. The molecule has 0 atom stereocenters. The number of hydrogen-bond donors (Lipinski definition) is 0. The van der Waals surface area contributed by atoms with Crippen LogP contribution in [0.2, 0.25) is 13.6 Å². The molecule has 1 aliphatic carbocycles. The molecule has 76 valence electrons. The zero-order valence-corrected chi connectivity index (χ0v) is 10.2. The molecule has 1 aliphatic rings. The molecule has 0 bridgehead atoms. The van der Waals surface area contributed by atoms with Crippen molar-refractivity contribution in [1.29, 1.82) is 0 Å². The normalized spacial score (nSPS) is 12.0. The Morgan fingerprint density at radius 2 is 1.69 bits per heavy atom. The number of hydrogen-bond acceptors (Lipinski definition) is 0. The SMILES string of the molecule is CB(C)C1=CCC=C1.CC.CCC. The van der Waals surface area contributed by atoms with Crippen LogP contribution in [0.1, 0.15) is 40.5 Å². The van der Waals surface area contributed by atoms with Crippen LogP contribution in [0.25, 0.3) is 0 Å². The summed E-state index contributed by atoms with van der Waals surface area (Å²) >= 11 is 0. The number of rotatable bonds is 1. The van der Waals surface area contributed by atoms with Gasteiger partial charge in [0.2, 0.25) is 0 Å². The maximum Gasteiger partial charge on any atom is 0.169 e. The van der Waals surface area contributed by atoms with Gasteiger partial charge in [-0.15, -0.1) is 0 Å². The van der Waals surface area contributed by atoms with Crippen LogP contribution in [0.5, 0.6) is 0 Å². The van der Waals surface area contributed by atoms with Crippen LogP contribution in [0.15, 0.2) is 23.7 Å². The van der Waals surface area contributed by atoms with Gasteiger partial charge < -0.3 is 0 Å². The Balaban J connectivity index is 0. The summed E-state index contributed by atoms with van der Waals surface area (Å²) in [6, 6.07) is 0. The zero-order chi connectivity index (χ0) is 10.7. The van der Waals surface area contributed by atoms with E-state index < -0.39 is 0 Å². The van der Waals surface area contributed by atoms with Crippen molar-refractivity contribution in [1.82, 2.24) is 0 Å². The summed E-state index contributed by atoms with van der Waals surface area (Å²) in [6.07, 6.45) is 9.10. The van der Waals surface area contributed by atoms with E-state index in [0.717, 1.165) is 6.42 Å². The van der Waals surface area contributed by atoms with Gasteiger partial charge in [0.15, 0.2) is 6.71 Å². The van der Waals surface area contributed by atoms with Crippen molar-refractivity contribution >= 4 is 6.71 Å². The second kappa shape index (κ2) is 11.5. The van der Waals surface area contributed by atoms with E-state index in [1.54, 1.807) is 0 Å². The van der Waals surface area contributed by atoms with Gasteiger partial charge in [0, 0.05) is 0 Å². The Hall–Kier alpha value is -0.455. The monoisotopic (exact) mass is 180 g/mol. The van der Waals surface area contributed by atoms with Crippen LogP contribution in [0.3, 0.4) is 0 Å². The van der Waals surface area contributed by atoms with Crippen molar-refractivity contribution in [3.8, 4) is 0 Å². The lowest BCUT2D eigenvalue weighted by molar-refractivity contribution is 1.09. The summed E-state index contributed by atoms with van der Waals surface area (Å²) in [5.41, 5.74) is 1.49. The Kier molecular flexibility index (Phi) is 13.4. The second-order valence-electron chi connectivity index (χ2n) is 3.20. The summed E-state index contributed by atoms with van der Waals surface area (Å²) in [4.78, 5) is 0. The zero-order valence-electron chi connectivity index (χ0n) is 10.2. The lowest BCUT2D eigenvalue weighted by Crippen LogP contribution is -2.00. The van der Waals surface area contributed by atoms with Gasteiger partial charge >= 0.3 is 0 Å². The van der Waals surface area contributed by atoms with E-state index >= 15 is 0 Å². The fraction of sp³-hybridized carbons (Fsp3) is 0.667. The molecule has 0 heterocycles. The third-order valence-electron chi connectivity index (χ3n) is 1.47. The first-order valence-electron chi connectivity index (χ1n) is 5.58. The topological polar surface area (TPSA) is 0 Å². The molecule has 0 saturated carbocycles. The molecule has 0 saturated heterocycles. The second-order valence-corrected chi connectivity index (χ2v) is 3.20. The molecule has 0 N–H and O–H groups in total. The summed E-state index contributed by atoms with van der Waals surface area (Å²) in [7, 11) is 0. The van der Waals surface area contributed by atoms with E-state index in [4.69, 9.17) is 0 Å². The third-order valence-corrected chi connectivity index (χ3v) is 1.47. The van der Waals surface area contributed by atoms with Crippen LogP contribution in [-0.4, -0.2) is 6.71 Å². The van der Waals surface area contributed by atoms with Crippen LogP contribution >= 0.6 is 0 Å². The maximum atomic E-state index is 2.28. The van der Waals surface area contributed by atoms with Crippen LogP contribution in [-0.2, 0) is 0 Å². The molecular weight excluding hydrogens is 155 g/mol. The van der Waals surface area contributed by atoms with Crippen molar-refractivity contribution in [3.05, 3.63) is 23.7 Å². The van der Waals surface area contributed by atoms with Gasteiger partial charge in [-0.1, -0.05) is 71.5 Å². The molecule has 0 amide bonds. The highest BCUT2D eigenvalue weighted by molar-refractivity contribution is 6.64. The molecule has 0 radical (unpaired) electrons. The fourth-order valence-electron chi connectivity index (χ4n) is 0.904. The molecule has 0 aromatic heterocycles. The average molecular weight is 180 g/mol. The maximum absolute atomic E-state index is 2.28. The molecule has 1 heteroatoms. The predicted molar refractivity (Wildman–Crippen MR) is 66.6 cm³/mol. The van der Waals surface area contributed by atoms with Gasteiger partial charge in [0.05, 0.1) is 0 Å². The Morgan fingerprint density at radius 1 is 1.23 bits per heavy atom. The van der Waals surface area contributed by atoms with Crippen molar-refractivity contribution in [2.24, 2.45) is 0 Å². The average Bonchev–Trinajstić information content (AvgIpc) is 2.61. The molecular formula is C12H25B. The molecule has 1 rings (SSSR count). The molecule has 13 heavy (non-hydrogen) atoms. The fourth-order valence-corrected chi connectivity index (χ4v) is 0.904. The molecule has 0 aromatic rings. The first-order valence-corrected chi connectivity index (χ1v) is 5.58. The largest absolute Gasteiger partial charge is 0.169 e. The molecule has 0 fully saturated rings. The van der Waals surface area contributed by atoms with E-state index in [2.05, 4.69) is 45.7 Å². The van der Waals surface area contributed by atoms with E-state index in [0.29, 0.717) is 6.71 Å². The Labute approximate surface area is 85.2 Å². The predicted octanol–water partition coefficient (Wildman–Crippen LogP) is 4.61. The summed E-state index contributed by atoms with van der Waals surface area (Å²) in [5.74, 6) is 0. The highest BCUT2D eigenvalue weighted by atomic mass is 13.9. The van der Waals surface area contributed by atoms with Crippen molar-refractivity contribution in [2.45, 2.75) is 54.2 Å². The van der Waals surface area contributed by atoms with Crippen LogP contribution in [0, 0.1) is 0 Å². The summed E-state index contributed by atoms with van der Waals surface area (Å²) in [6.45, 7) is 13.4. The van der Waals surface area contributed by atoms with E-state index in [1.165, 1.54) is 11.9 Å². The molecule has 0 aliphatic heterocycles. The molecule has 0 spiro atoms. The quantitative estimate of drug-likeness (QED) is 0.517.